The molecule has 1 aliphatic rings. The Balaban J connectivity index is 1.37. The Morgan fingerprint density at radius 3 is 2.48 bits per heavy atom. The predicted octanol–water partition coefficient (Wildman–Crippen LogP) is 3.09. The third-order valence-corrected chi connectivity index (χ3v) is 4.60. The Kier molecular flexibility index (Phi) is 4.70. The number of carbonyl (C=O) groups is 1. The highest BCUT2D eigenvalue weighted by atomic mass is 16.5. The van der Waals surface area contributed by atoms with E-state index < -0.39 is 0 Å². The molecular formula is C21H20N4O2. The van der Waals surface area contributed by atoms with Gasteiger partial charge in [-0.25, -0.2) is 9.97 Å². The summed E-state index contributed by atoms with van der Waals surface area (Å²) < 4.78 is 5.27. The minimum absolute atomic E-state index is 0.0409. The lowest BCUT2D eigenvalue weighted by Crippen LogP contribution is -2.57. The van der Waals surface area contributed by atoms with Crippen molar-refractivity contribution < 1.29 is 9.53 Å². The van der Waals surface area contributed by atoms with Gasteiger partial charge in [-0.3, -0.25) is 4.79 Å². The van der Waals surface area contributed by atoms with E-state index in [1.807, 2.05) is 53.4 Å². The maximum atomic E-state index is 12.6. The first kappa shape index (κ1) is 17.0. The van der Waals surface area contributed by atoms with E-state index in [0.29, 0.717) is 24.6 Å². The Bertz CT molecular complexity index is 922. The lowest BCUT2D eigenvalue weighted by atomic mass is 10.0. The zero-order valence-corrected chi connectivity index (χ0v) is 15.0. The van der Waals surface area contributed by atoms with Crippen molar-refractivity contribution in [3.8, 4) is 16.9 Å². The van der Waals surface area contributed by atoms with Crippen LogP contribution < -0.4 is 10.1 Å². The van der Waals surface area contributed by atoms with Crippen LogP contribution in [0.5, 0.6) is 5.75 Å². The van der Waals surface area contributed by atoms with Crippen molar-refractivity contribution in [1.29, 1.82) is 0 Å². The molecule has 0 saturated carbocycles. The van der Waals surface area contributed by atoms with Gasteiger partial charge in [0.25, 0.3) is 5.91 Å². The number of hydrogen-bond acceptors (Lipinski definition) is 5. The lowest BCUT2D eigenvalue weighted by Gasteiger charge is -2.39. The number of benzene rings is 2. The third-order valence-electron chi connectivity index (χ3n) is 4.60. The van der Waals surface area contributed by atoms with Crippen LogP contribution in [-0.2, 0) is 0 Å². The lowest BCUT2D eigenvalue weighted by molar-refractivity contribution is 0.0624. The molecule has 0 radical (unpaired) electrons. The highest BCUT2D eigenvalue weighted by Gasteiger charge is 2.31. The normalized spacial score (nSPS) is 13.7. The molecule has 6 nitrogen and oxygen atoms in total. The van der Waals surface area contributed by atoms with Crippen LogP contribution in [0, 0.1) is 0 Å². The second-order valence-corrected chi connectivity index (χ2v) is 6.43. The number of aromatic nitrogens is 2. The largest absolute Gasteiger partial charge is 0.497 e. The summed E-state index contributed by atoms with van der Waals surface area (Å²) in [6, 6.07) is 17.5. The van der Waals surface area contributed by atoms with Gasteiger partial charge in [-0.2, -0.15) is 0 Å². The summed E-state index contributed by atoms with van der Waals surface area (Å²) in [5, 5.41) is 3.23. The van der Waals surface area contributed by atoms with Crippen LogP contribution in [-0.4, -0.2) is 47.0 Å². The molecule has 2 heterocycles. The fraction of sp³-hybridized carbons (Fsp3) is 0.190. The fourth-order valence-corrected chi connectivity index (χ4v) is 3.08. The van der Waals surface area contributed by atoms with E-state index in [4.69, 9.17) is 4.74 Å². The number of likely N-dealkylation sites (tertiary alicyclic amines) is 1. The van der Waals surface area contributed by atoms with Crippen LogP contribution in [0.15, 0.2) is 67.0 Å². The smallest absolute Gasteiger partial charge is 0.253 e. The molecule has 0 unspecified atom stereocenters. The highest BCUT2D eigenvalue weighted by Crippen LogP contribution is 2.25. The standard InChI is InChI=1S/C21H20N4O2/c1-27-19-5-2-4-17(12-19)15-6-8-16(9-7-15)20(26)25-13-18(14-25)24-21-22-10-3-11-23-21/h2-12,18H,13-14H2,1H3,(H,22,23,24). The van der Waals surface area contributed by atoms with Gasteiger partial charge in [0.15, 0.2) is 0 Å². The molecule has 1 amide bonds. The number of methoxy groups -OCH3 is 1. The van der Waals surface area contributed by atoms with E-state index in [9.17, 15) is 4.79 Å². The van der Waals surface area contributed by atoms with Crippen LogP contribution >= 0.6 is 0 Å². The molecular weight excluding hydrogens is 340 g/mol. The van der Waals surface area contributed by atoms with Crippen LogP contribution in [0.3, 0.4) is 0 Å². The summed E-state index contributed by atoms with van der Waals surface area (Å²) in [5.41, 5.74) is 2.80. The van der Waals surface area contributed by atoms with E-state index in [1.165, 1.54) is 0 Å². The maximum absolute atomic E-state index is 12.6. The molecule has 4 rings (SSSR count). The second kappa shape index (κ2) is 7.45. The van der Waals surface area contributed by atoms with Gasteiger partial charge >= 0.3 is 0 Å². The number of amides is 1. The average molecular weight is 360 g/mol. The van der Waals surface area contributed by atoms with E-state index in [0.717, 1.165) is 16.9 Å². The fourth-order valence-electron chi connectivity index (χ4n) is 3.08. The molecule has 1 N–H and O–H groups in total. The average Bonchev–Trinajstić information content (AvgIpc) is 2.71. The summed E-state index contributed by atoms with van der Waals surface area (Å²) in [6.07, 6.45) is 3.39. The molecule has 6 heteroatoms. The van der Waals surface area contributed by atoms with Crippen LogP contribution in [0.4, 0.5) is 5.95 Å². The third kappa shape index (κ3) is 3.74. The molecule has 0 spiro atoms. The molecule has 0 bridgehead atoms. The number of nitrogens with zero attached hydrogens (tertiary/aromatic N) is 3. The zero-order chi connectivity index (χ0) is 18.6. The van der Waals surface area contributed by atoms with E-state index in [1.54, 1.807) is 25.6 Å². The van der Waals surface area contributed by atoms with Gasteiger partial charge in [0.2, 0.25) is 5.95 Å². The summed E-state index contributed by atoms with van der Waals surface area (Å²) in [7, 11) is 1.65. The highest BCUT2D eigenvalue weighted by molar-refractivity contribution is 5.95. The topological polar surface area (TPSA) is 67.3 Å². The van der Waals surface area contributed by atoms with Crippen molar-refractivity contribution in [2.75, 3.05) is 25.5 Å². The van der Waals surface area contributed by atoms with Gasteiger partial charge in [0.1, 0.15) is 5.75 Å². The molecule has 2 aromatic carbocycles. The predicted molar refractivity (Wildman–Crippen MR) is 104 cm³/mol. The first-order valence-electron chi connectivity index (χ1n) is 8.80. The summed E-state index contributed by atoms with van der Waals surface area (Å²) in [6.45, 7) is 1.30. The molecule has 0 atom stereocenters. The Labute approximate surface area is 157 Å². The van der Waals surface area contributed by atoms with Crippen molar-refractivity contribution in [3.05, 3.63) is 72.6 Å². The van der Waals surface area contributed by atoms with Crippen LogP contribution in [0.2, 0.25) is 0 Å². The molecule has 1 aromatic heterocycles. The van der Waals surface area contributed by atoms with Gasteiger partial charge < -0.3 is 15.0 Å². The van der Waals surface area contributed by atoms with Gasteiger partial charge in [0.05, 0.1) is 13.2 Å². The van der Waals surface area contributed by atoms with Gasteiger partial charge in [-0.05, 0) is 41.5 Å². The summed E-state index contributed by atoms with van der Waals surface area (Å²) in [4.78, 5) is 22.7. The SMILES string of the molecule is COc1cccc(-c2ccc(C(=O)N3CC(Nc4ncccn4)C3)cc2)c1. The number of anilines is 1. The van der Waals surface area contributed by atoms with Crippen molar-refractivity contribution in [2.45, 2.75) is 6.04 Å². The second-order valence-electron chi connectivity index (χ2n) is 6.43. The van der Waals surface area contributed by atoms with Crippen molar-refractivity contribution in [2.24, 2.45) is 0 Å². The van der Waals surface area contributed by atoms with Crippen molar-refractivity contribution in [1.82, 2.24) is 14.9 Å². The number of hydrogen-bond donors (Lipinski definition) is 1. The number of carbonyl (C=O) groups excluding carboxylic acids is 1. The van der Waals surface area contributed by atoms with E-state index in [-0.39, 0.29) is 11.9 Å². The van der Waals surface area contributed by atoms with Crippen molar-refractivity contribution in [3.63, 3.8) is 0 Å². The van der Waals surface area contributed by atoms with E-state index >= 15 is 0 Å². The molecule has 0 aliphatic carbocycles. The summed E-state index contributed by atoms with van der Waals surface area (Å²) in [5.74, 6) is 1.45. The quantitative estimate of drug-likeness (QED) is 0.757. The summed E-state index contributed by atoms with van der Waals surface area (Å²) >= 11 is 0. The number of nitrogens with one attached hydrogen (secondary N) is 1. The first-order valence-corrected chi connectivity index (χ1v) is 8.80. The van der Waals surface area contributed by atoms with Crippen LogP contribution in [0.1, 0.15) is 10.4 Å². The Morgan fingerprint density at radius 2 is 1.78 bits per heavy atom. The molecule has 27 heavy (non-hydrogen) atoms. The first-order chi connectivity index (χ1) is 13.2. The molecule has 1 aliphatic heterocycles. The minimum atomic E-state index is 0.0409. The minimum Gasteiger partial charge on any atom is -0.497 e. The molecule has 136 valence electrons. The van der Waals surface area contributed by atoms with Gasteiger partial charge in [-0.15, -0.1) is 0 Å². The number of rotatable bonds is 5. The molecule has 3 aromatic rings. The monoisotopic (exact) mass is 360 g/mol. The Hall–Kier alpha value is -3.41. The number of ether oxygens (including phenoxy) is 1. The van der Waals surface area contributed by atoms with Gasteiger partial charge in [0, 0.05) is 31.0 Å². The van der Waals surface area contributed by atoms with Gasteiger partial charge in [-0.1, -0.05) is 24.3 Å². The zero-order valence-electron chi connectivity index (χ0n) is 15.0. The molecule has 1 fully saturated rings. The molecule has 1 saturated heterocycles. The van der Waals surface area contributed by atoms with E-state index in [2.05, 4.69) is 15.3 Å². The van der Waals surface area contributed by atoms with Crippen molar-refractivity contribution >= 4 is 11.9 Å². The maximum Gasteiger partial charge on any atom is 0.253 e. The Morgan fingerprint density at radius 1 is 1.04 bits per heavy atom. The van der Waals surface area contributed by atoms with Crippen LogP contribution in [0.25, 0.3) is 11.1 Å².